The normalized spacial score (nSPS) is 20.6. The molecule has 1 aliphatic heterocycles. The number of hydrogen-bond acceptors (Lipinski definition) is 4. The molecule has 1 aliphatic rings. The number of carbonyl (C=O) groups is 1. The SMILES string of the molecule is Cn1ncc(C(=O)N2CCCCC2CO)c1N. The van der Waals surface area contributed by atoms with E-state index < -0.39 is 0 Å². The van der Waals surface area contributed by atoms with Crippen molar-refractivity contribution in [3.05, 3.63) is 11.8 Å². The van der Waals surface area contributed by atoms with Crippen LogP contribution in [0.5, 0.6) is 0 Å². The molecule has 1 aromatic heterocycles. The van der Waals surface area contributed by atoms with Gasteiger partial charge >= 0.3 is 0 Å². The zero-order chi connectivity index (χ0) is 12.4. The summed E-state index contributed by atoms with van der Waals surface area (Å²) in [5, 5.41) is 13.3. The summed E-state index contributed by atoms with van der Waals surface area (Å²) >= 11 is 0. The summed E-state index contributed by atoms with van der Waals surface area (Å²) < 4.78 is 1.48. The molecule has 6 nitrogen and oxygen atoms in total. The van der Waals surface area contributed by atoms with Crippen LogP contribution in [0.3, 0.4) is 0 Å². The number of nitrogens with two attached hydrogens (primary N) is 1. The maximum atomic E-state index is 12.3. The van der Waals surface area contributed by atoms with Crippen LogP contribution in [-0.4, -0.2) is 44.9 Å². The van der Waals surface area contributed by atoms with Crippen LogP contribution in [0, 0.1) is 0 Å². The molecule has 1 atom stereocenters. The lowest BCUT2D eigenvalue weighted by molar-refractivity contribution is 0.0504. The highest BCUT2D eigenvalue weighted by atomic mass is 16.3. The van der Waals surface area contributed by atoms with Gasteiger partial charge in [-0.15, -0.1) is 0 Å². The Bertz CT molecular complexity index is 416. The lowest BCUT2D eigenvalue weighted by Crippen LogP contribution is -2.45. The van der Waals surface area contributed by atoms with E-state index >= 15 is 0 Å². The number of rotatable bonds is 2. The number of nitrogens with zero attached hydrogens (tertiary/aromatic N) is 3. The van der Waals surface area contributed by atoms with E-state index in [0.29, 0.717) is 17.9 Å². The summed E-state index contributed by atoms with van der Waals surface area (Å²) in [6, 6.07) is -0.0872. The highest BCUT2D eigenvalue weighted by Gasteiger charge is 2.28. The van der Waals surface area contributed by atoms with Gasteiger partial charge in [0.05, 0.1) is 18.8 Å². The van der Waals surface area contributed by atoms with Crippen LogP contribution in [0.15, 0.2) is 6.20 Å². The van der Waals surface area contributed by atoms with Crippen molar-refractivity contribution in [2.24, 2.45) is 7.05 Å². The minimum atomic E-state index is -0.130. The van der Waals surface area contributed by atoms with Gasteiger partial charge < -0.3 is 15.7 Å². The highest BCUT2D eigenvalue weighted by Crippen LogP contribution is 2.21. The van der Waals surface area contributed by atoms with Gasteiger partial charge in [-0.05, 0) is 19.3 Å². The highest BCUT2D eigenvalue weighted by molar-refractivity contribution is 5.98. The molecule has 1 amide bonds. The van der Waals surface area contributed by atoms with Crippen LogP contribution >= 0.6 is 0 Å². The molecule has 1 fully saturated rings. The first kappa shape index (κ1) is 11.9. The number of aliphatic hydroxyl groups excluding tert-OH is 1. The number of hydrogen-bond donors (Lipinski definition) is 2. The molecule has 3 N–H and O–H groups in total. The molecular formula is C11H18N4O2. The number of aromatic nitrogens is 2. The topological polar surface area (TPSA) is 84.4 Å². The van der Waals surface area contributed by atoms with E-state index in [1.54, 1.807) is 11.9 Å². The number of anilines is 1. The standard InChI is InChI=1S/C11H18N4O2/c1-14-10(12)9(6-13-14)11(17)15-5-3-2-4-8(15)7-16/h6,8,16H,2-5,7,12H2,1H3. The van der Waals surface area contributed by atoms with E-state index in [1.165, 1.54) is 10.9 Å². The van der Waals surface area contributed by atoms with Crippen LogP contribution in [-0.2, 0) is 7.05 Å². The molecule has 2 heterocycles. The summed E-state index contributed by atoms with van der Waals surface area (Å²) in [4.78, 5) is 14.0. The number of amides is 1. The molecule has 0 radical (unpaired) electrons. The summed E-state index contributed by atoms with van der Waals surface area (Å²) in [5.74, 6) is 0.242. The molecule has 17 heavy (non-hydrogen) atoms. The Kier molecular flexibility index (Phi) is 3.33. The molecule has 1 aromatic rings. The Morgan fingerprint density at radius 3 is 3.00 bits per heavy atom. The molecule has 0 aliphatic carbocycles. The van der Waals surface area contributed by atoms with Gasteiger partial charge in [0.1, 0.15) is 11.4 Å². The Balaban J connectivity index is 2.21. The van der Waals surface area contributed by atoms with Crippen molar-refractivity contribution in [1.82, 2.24) is 14.7 Å². The molecular weight excluding hydrogens is 220 g/mol. The summed E-state index contributed by atoms with van der Waals surface area (Å²) in [6.07, 6.45) is 4.36. The number of aryl methyl sites for hydroxylation is 1. The van der Waals surface area contributed by atoms with Crippen LogP contribution in [0.2, 0.25) is 0 Å². The molecule has 0 saturated carbocycles. The minimum absolute atomic E-state index is 0.00586. The van der Waals surface area contributed by atoms with E-state index in [9.17, 15) is 9.90 Å². The molecule has 2 rings (SSSR count). The van der Waals surface area contributed by atoms with Crippen molar-refractivity contribution in [2.45, 2.75) is 25.3 Å². The van der Waals surface area contributed by atoms with E-state index in [4.69, 9.17) is 5.73 Å². The molecule has 0 spiro atoms. The third-order valence-corrected chi connectivity index (χ3v) is 3.31. The Labute approximate surface area is 100 Å². The predicted octanol–water partition coefficient (Wildman–Crippen LogP) is -0.0107. The predicted molar refractivity (Wildman–Crippen MR) is 63.4 cm³/mol. The van der Waals surface area contributed by atoms with Crippen molar-refractivity contribution < 1.29 is 9.90 Å². The molecule has 6 heteroatoms. The van der Waals surface area contributed by atoms with Crippen molar-refractivity contribution in [2.75, 3.05) is 18.9 Å². The van der Waals surface area contributed by atoms with Crippen molar-refractivity contribution in [1.29, 1.82) is 0 Å². The maximum absolute atomic E-state index is 12.3. The summed E-state index contributed by atoms with van der Waals surface area (Å²) in [7, 11) is 1.70. The lowest BCUT2D eigenvalue weighted by Gasteiger charge is -2.34. The average Bonchev–Trinajstić information content (AvgIpc) is 2.69. The van der Waals surface area contributed by atoms with E-state index in [-0.39, 0.29) is 18.6 Å². The number of carbonyl (C=O) groups excluding carboxylic acids is 1. The first-order valence-corrected chi connectivity index (χ1v) is 5.84. The van der Waals surface area contributed by atoms with Gasteiger partial charge in [-0.2, -0.15) is 5.10 Å². The molecule has 94 valence electrons. The quantitative estimate of drug-likeness (QED) is 0.759. The largest absolute Gasteiger partial charge is 0.394 e. The van der Waals surface area contributed by atoms with Gasteiger partial charge in [0.15, 0.2) is 0 Å². The molecule has 1 saturated heterocycles. The Morgan fingerprint density at radius 2 is 2.41 bits per heavy atom. The second-order valence-corrected chi connectivity index (χ2v) is 4.40. The number of nitrogen functional groups attached to an aromatic ring is 1. The smallest absolute Gasteiger partial charge is 0.259 e. The number of likely N-dealkylation sites (tertiary alicyclic amines) is 1. The van der Waals surface area contributed by atoms with E-state index in [0.717, 1.165) is 19.3 Å². The Hall–Kier alpha value is -1.56. The monoisotopic (exact) mass is 238 g/mol. The van der Waals surface area contributed by atoms with E-state index in [1.807, 2.05) is 0 Å². The first-order valence-electron chi connectivity index (χ1n) is 5.84. The van der Waals surface area contributed by atoms with Crippen LogP contribution < -0.4 is 5.73 Å². The van der Waals surface area contributed by atoms with Gasteiger partial charge in [-0.3, -0.25) is 9.48 Å². The fraction of sp³-hybridized carbons (Fsp3) is 0.636. The van der Waals surface area contributed by atoms with Crippen LogP contribution in [0.1, 0.15) is 29.6 Å². The molecule has 0 aromatic carbocycles. The number of aliphatic hydroxyl groups is 1. The second kappa shape index (κ2) is 4.75. The third kappa shape index (κ3) is 2.12. The van der Waals surface area contributed by atoms with Crippen molar-refractivity contribution >= 4 is 11.7 Å². The average molecular weight is 238 g/mol. The number of piperidine rings is 1. The fourth-order valence-corrected chi connectivity index (χ4v) is 2.22. The molecule has 0 bridgehead atoms. The minimum Gasteiger partial charge on any atom is -0.394 e. The van der Waals surface area contributed by atoms with Crippen molar-refractivity contribution in [3.63, 3.8) is 0 Å². The first-order chi connectivity index (χ1) is 8.15. The van der Waals surface area contributed by atoms with Crippen LogP contribution in [0.4, 0.5) is 5.82 Å². The van der Waals surface area contributed by atoms with Crippen LogP contribution in [0.25, 0.3) is 0 Å². The maximum Gasteiger partial charge on any atom is 0.259 e. The van der Waals surface area contributed by atoms with Gasteiger partial charge in [0.25, 0.3) is 5.91 Å². The summed E-state index contributed by atoms with van der Waals surface area (Å²) in [6.45, 7) is 0.685. The fourth-order valence-electron chi connectivity index (χ4n) is 2.22. The van der Waals surface area contributed by atoms with Gasteiger partial charge in [-0.25, -0.2) is 0 Å². The third-order valence-electron chi connectivity index (χ3n) is 3.31. The van der Waals surface area contributed by atoms with Gasteiger partial charge in [-0.1, -0.05) is 0 Å². The lowest BCUT2D eigenvalue weighted by atomic mass is 10.0. The zero-order valence-electron chi connectivity index (χ0n) is 9.96. The van der Waals surface area contributed by atoms with Gasteiger partial charge in [0, 0.05) is 13.6 Å². The molecule has 1 unspecified atom stereocenters. The Morgan fingerprint density at radius 1 is 1.65 bits per heavy atom. The van der Waals surface area contributed by atoms with Gasteiger partial charge in [0.2, 0.25) is 0 Å². The van der Waals surface area contributed by atoms with E-state index in [2.05, 4.69) is 5.10 Å². The summed E-state index contributed by atoms with van der Waals surface area (Å²) in [5.41, 5.74) is 6.21. The van der Waals surface area contributed by atoms with Crippen molar-refractivity contribution in [3.8, 4) is 0 Å². The zero-order valence-corrected chi connectivity index (χ0v) is 9.96. The second-order valence-electron chi connectivity index (χ2n) is 4.40.